The average Bonchev–Trinajstić information content (AvgIpc) is 2.96. The van der Waals surface area contributed by atoms with Crippen molar-refractivity contribution < 1.29 is 4.39 Å². The van der Waals surface area contributed by atoms with E-state index < -0.39 is 0 Å². The Balaban J connectivity index is 1.87. The molecule has 0 N–H and O–H groups in total. The molecule has 0 amide bonds. The molecule has 0 spiro atoms. The van der Waals surface area contributed by atoms with Crippen molar-refractivity contribution in [2.45, 2.75) is 9.92 Å². The summed E-state index contributed by atoms with van der Waals surface area (Å²) in [5.41, 5.74) is 2.91. The van der Waals surface area contributed by atoms with Crippen LogP contribution in [0.25, 0.3) is 16.9 Å². The highest BCUT2D eigenvalue weighted by Gasteiger charge is 2.14. The van der Waals surface area contributed by atoms with Gasteiger partial charge in [0.15, 0.2) is 0 Å². The first-order valence-electron chi connectivity index (χ1n) is 7.27. The van der Waals surface area contributed by atoms with Crippen LogP contribution in [0.2, 0.25) is 0 Å². The summed E-state index contributed by atoms with van der Waals surface area (Å²) in [6, 6.07) is 22.6. The molecule has 0 aliphatic carbocycles. The molecule has 112 valence electrons. The summed E-state index contributed by atoms with van der Waals surface area (Å²) < 4.78 is 15.2. The van der Waals surface area contributed by atoms with Crippen molar-refractivity contribution in [1.82, 2.24) is 9.38 Å². The van der Waals surface area contributed by atoms with Crippen LogP contribution in [-0.2, 0) is 0 Å². The molecule has 23 heavy (non-hydrogen) atoms. The lowest BCUT2D eigenvalue weighted by atomic mass is 10.2. The van der Waals surface area contributed by atoms with Crippen LogP contribution in [-0.4, -0.2) is 9.38 Å². The van der Waals surface area contributed by atoms with Crippen molar-refractivity contribution >= 4 is 17.4 Å². The number of aromatic nitrogens is 2. The molecule has 0 fully saturated rings. The minimum Gasteiger partial charge on any atom is -0.294 e. The molecular weight excluding hydrogens is 307 g/mol. The van der Waals surface area contributed by atoms with Gasteiger partial charge in [0, 0.05) is 16.7 Å². The Bertz CT molecular complexity index is 946. The fourth-order valence-corrected chi connectivity index (χ4v) is 3.48. The first-order valence-corrected chi connectivity index (χ1v) is 8.09. The third-order valence-electron chi connectivity index (χ3n) is 3.56. The van der Waals surface area contributed by atoms with E-state index in [1.54, 1.807) is 23.9 Å². The lowest BCUT2D eigenvalue weighted by Crippen LogP contribution is -1.86. The highest BCUT2D eigenvalue weighted by atomic mass is 32.2. The highest BCUT2D eigenvalue weighted by Crippen LogP contribution is 2.36. The van der Waals surface area contributed by atoms with Gasteiger partial charge in [-0.05, 0) is 36.4 Å². The molecule has 0 atom stereocenters. The Morgan fingerprint density at radius 3 is 2.35 bits per heavy atom. The van der Waals surface area contributed by atoms with Gasteiger partial charge in [-0.2, -0.15) is 0 Å². The van der Waals surface area contributed by atoms with Gasteiger partial charge in [0.25, 0.3) is 0 Å². The van der Waals surface area contributed by atoms with E-state index in [4.69, 9.17) is 4.98 Å². The lowest BCUT2D eigenvalue weighted by Gasteiger charge is -2.05. The molecule has 2 aromatic carbocycles. The summed E-state index contributed by atoms with van der Waals surface area (Å²) in [5, 5.41) is 1.03. The second-order valence-corrected chi connectivity index (χ2v) is 6.18. The molecule has 4 aromatic rings. The van der Waals surface area contributed by atoms with Gasteiger partial charge in [0.1, 0.15) is 22.2 Å². The van der Waals surface area contributed by atoms with Crippen LogP contribution in [0.1, 0.15) is 0 Å². The fraction of sp³-hybridized carbons (Fsp3) is 0. The maximum Gasteiger partial charge on any atom is 0.138 e. The molecule has 2 nitrogen and oxygen atoms in total. The predicted molar refractivity (Wildman–Crippen MR) is 91.2 cm³/mol. The molecule has 0 bridgehead atoms. The van der Waals surface area contributed by atoms with Gasteiger partial charge in [0.05, 0.1) is 0 Å². The van der Waals surface area contributed by atoms with Gasteiger partial charge < -0.3 is 0 Å². The molecule has 2 aromatic heterocycles. The van der Waals surface area contributed by atoms with E-state index in [1.807, 2.05) is 42.6 Å². The van der Waals surface area contributed by atoms with Crippen molar-refractivity contribution in [1.29, 1.82) is 0 Å². The number of pyridine rings is 1. The van der Waals surface area contributed by atoms with Crippen LogP contribution in [0.5, 0.6) is 0 Å². The molecule has 2 heterocycles. The number of benzene rings is 2. The van der Waals surface area contributed by atoms with Crippen LogP contribution in [0.3, 0.4) is 0 Å². The standard InChI is InChI=1S/C19H13FN2S/c20-15-9-11-16(12-10-15)23-19-18(14-6-2-1-3-7-14)21-17-8-4-5-13-22(17)19/h1-13H. The summed E-state index contributed by atoms with van der Waals surface area (Å²) in [6.07, 6.45) is 2.00. The molecular formula is C19H13FN2S. The molecule has 0 radical (unpaired) electrons. The topological polar surface area (TPSA) is 17.3 Å². The van der Waals surface area contributed by atoms with E-state index >= 15 is 0 Å². The molecule has 0 aliphatic heterocycles. The molecule has 0 saturated heterocycles. The number of nitrogens with zero attached hydrogens (tertiary/aromatic N) is 2. The van der Waals surface area contributed by atoms with E-state index in [9.17, 15) is 4.39 Å². The quantitative estimate of drug-likeness (QED) is 0.510. The largest absolute Gasteiger partial charge is 0.294 e. The second kappa shape index (κ2) is 5.89. The Kier molecular flexibility index (Phi) is 3.60. The minimum atomic E-state index is -0.226. The molecule has 0 saturated carbocycles. The predicted octanol–water partition coefficient (Wildman–Crippen LogP) is 5.29. The van der Waals surface area contributed by atoms with E-state index in [0.29, 0.717) is 0 Å². The third kappa shape index (κ3) is 2.73. The normalized spacial score (nSPS) is 11.0. The van der Waals surface area contributed by atoms with Crippen LogP contribution in [0.4, 0.5) is 4.39 Å². The summed E-state index contributed by atoms with van der Waals surface area (Å²) in [6.45, 7) is 0. The van der Waals surface area contributed by atoms with Gasteiger partial charge in [0.2, 0.25) is 0 Å². The first kappa shape index (κ1) is 14.0. The fourth-order valence-electron chi connectivity index (χ4n) is 2.47. The van der Waals surface area contributed by atoms with Gasteiger partial charge in [-0.25, -0.2) is 9.37 Å². The van der Waals surface area contributed by atoms with Crippen molar-refractivity contribution in [3.8, 4) is 11.3 Å². The van der Waals surface area contributed by atoms with Crippen LogP contribution in [0.15, 0.2) is 88.9 Å². The maximum atomic E-state index is 13.1. The van der Waals surface area contributed by atoms with Crippen molar-refractivity contribution in [3.05, 3.63) is 84.8 Å². The highest BCUT2D eigenvalue weighted by molar-refractivity contribution is 7.99. The zero-order valence-electron chi connectivity index (χ0n) is 12.2. The molecule has 4 rings (SSSR count). The maximum absolute atomic E-state index is 13.1. The number of fused-ring (bicyclic) bond motifs is 1. The molecule has 0 aliphatic rings. The minimum absolute atomic E-state index is 0.226. The SMILES string of the molecule is Fc1ccc(Sc2c(-c3ccccc3)nc3ccccn23)cc1. The van der Waals surface area contributed by atoms with Gasteiger partial charge in [-0.15, -0.1) is 0 Å². The van der Waals surface area contributed by atoms with Crippen LogP contribution in [0, 0.1) is 5.82 Å². The van der Waals surface area contributed by atoms with Gasteiger partial charge in [-0.1, -0.05) is 48.2 Å². The number of imidazole rings is 1. The Hall–Kier alpha value is -2.59. The lowest BCUT2D eigenvalue weighted by molar-refractivity contribution is 0.626. The zero-order valence-corrected chi connectivity index (χ0v) is 13.0. The molecule has 0 unspecified atom stereocenters. The number of hydrogen-bond acceptors (Lipinski definition) is 2. The summed E-state index contributed by atoms with van der Waals surface area (Å²) in [5.74, 6) is -0.226. The first-order chi connectivity index (χ1) is 11.3. The van der Waals surface area contributed by atoms with E-state index in [-0.39, 0.29) is 5.82 Å². The summed E-state index contributed by atoms with van der Waals surface area (Å²) in [4.78, 5) is 5.75. The molecule has 4 heteroatoms. The van der Waals surface area contributed by atoms with Gasteiger partial charge >= 0.3 is 0 Å². The van der Waals surface area contributed by atoms with E-state index in [2.05, 4.69) is 16.5 Å². The van der Waals surface area contributed by atoms with Crippen LogP contribution >= 0.6 is 11.8 Å². The third-order valence-corrected chi connectivity index (χ3v) is 4.65. The number of halogens is 1. The summed E-state index contributed by atoms with van der Waals surface area (Å²) >= 11 is 1.59. The smallest absolute Gasteiger partial charge is 0.138 e. The second-order valence-electron chi connectivity index (χ2n) is 5.12. The van der Waals surface area contributed by atoms with E-state index in [0.717, 1.165) is 26.8 Å². The Morgan fingerprint density at radius 1 is 0.826 bits per heavy atom. The monoisotopic (exact) mass is 320 g/mol. The van der Waals surface area contributed by atoms with Gasteiger partial charge in [-0.3, -0.25) is 4.40 Å². The average molecular weight is 320 g/mol. The van der Waals surface area contributed by atoms with Crippen molar-refractivity contribution in [3.63, 3.8) is 0 Å². The van der Waals surface area contributed by atoms with Crippen molar-refractivity contribution in [2.75, 3.05) is 0 Å². The van der Waals surface area contributed by atoms with E-state index in [1.165, 1.54) is 12.1 Å². The van der Waals surface area contributed by atoms with Crippen LogP contribution < -0.4 is 0 Å². The Labute approximate surface area is 137 Å². The number of hydrogen-bond donors (Lipinski definition) is 0. The number of rotatable bonds is 3. The summed E-state index contributed by atoms with van der Waals surface area (Å²) in [7, 11) is 0. The van der Waals surface area contributed by atoms with Crippen molar-refractivity contribution in [2.24, 2.45) is 0 Å². The zero-order chi connectivity index (χ0) is 15.6. The Morgan fingerprint density at radius 2 is 1.57 bits per heavy atom.